The largest absolute Gasteiger partial charge is 0.396 e. The van der Waals surface area contributed by atoms with Gasteiger partial charge in [0, 0.05) is 31.6 Å². The average molecular weight is 286 g/mol. The number of hydrogen-bond donors (Lipinski definition) is 2. The van der Waals surface area contributed by atoms with Gasteiger partial charge in [-0.25, -0.2) is 4.98 Å². The number of para-hydroxylation sites is 1. The Hall–Kier alpha value is -1.88. The molecule has 21 heavy (non-hydrogen) atoms. The summed E-state index contributed by atoms with van der Waals surface area (Å²) in [6.45, 7) is 1.29. The Labute approximate surface area is 125 Å². The van der Waals surface area contributed by atoms with Gasteiger partial charge in [0.25, 0.3) is 0 Å². The van der Waals surface area contributed by atoms with E-state index in [-0.39, 0.29) is 6.61 Å². The van der Waals surface area contributed by atoms with Crippen molar-refractivity contribution < 1.29 is 5.11 Å². The first-order valence-corrected chi connectivity index (χ1v) is 7.65. The molecule has 2 heterocycles. The molecule has 1 unspecified atom stereocenters. The minimum absolute atomic E-state index is 0.261. The van der Waals surface area contributed by atoms with Crippen LogP contribution in [0.2, 0.25) is 0 Å². The summed E-state index contributed by atoms with van der Waals surface area (Å²) in [5.74, 6) is 1.68. The second-order valence-electron chi connectivity index (χ2n) is 5.49. The highest BCUT2D eigenvalue weighted by atomic mass is 16.2. The van der Waals surface area contributed by atoms with E-state index in [0.717, 1.165) is 36.1 Å². The van der Waals surface area contributed by atoms with Gasteiger partial charge >= 0.3 is 0 Å². The Morgan fingerprint density at radius 3 is 3.00 bits per heavy atom. The van der Waals surface area contributed by atoms with Crippen LogP contribution in [-0.4, -0.2) is 41.3 Å². The zero-order valence-corrected chi connectivity index (χ0v) is 12.4. The second-order valence-corrected chi connectivity index (χ2v) is 5.49. The maximum atomic E-state index is 9.08. The number of rotatable bonds is 5. The number of aliphatic hydroxyl groups excluding tert-OH is 1. The Balaban J connectivity index is 2.01. The maximum Gasteiger partial charge on any atom is 0.224 e. The lowest BCUT2D eigenvalue weighted by Crippen LogP contribution is -2.30. The van der Waals surface area contributed by atoms with Crippen LogP contribution < -0.4 is 10.2 Å². The SMILES string of the molecule is CNc1nc(N2CCCC2CCCO)c2ccccc2n1. The summed E-state index contributed by atoms with van der Waals surface area (Å²) in [6, 6.07) is 8.63. The molecule has 0 aliphatic carbocycles. The molecule has 112 valence electrons. The summed E-state index contributed by atoms with van der Waals surface area (Å²) < 4.78 is 0. The van der Waals surface area contributed by atoms with Crippen LogP contribution in [0.25, 0.3) is 10.9 Å². The summed E-state index contributed by atoms with van der Waals surface area (Å²) in [5, 5.41) is 13.2. The molecule has 2 N–H and O–H groups in total. The summed E-state index contributed by atoms with van der Waals surface area (Å²) >= 11 is 0. The maximum absolute atomic E-state index is 9.08. The highest BCUT2D eigenvalue weighted by Gasteiger charge is 2.27. The second kappa shape index (κ2) is 6.26. The Kier molecular flexibility index (Phi) is 4.20. The molecule has 1 aliphatic heterocycles. The van der Waals surface area contributed by atoms with Gasteiger partial charge in [0.15, 0.2) is 0 Å². The standard InChI is InChI=1S/C16H22N4O/c1-17-16-18-14-9-3-2-8-13(14)15(19-16)20-10-4-6-12(20)7-5-11-21/h2-3,8-9,12,21H,4-7,10-11H2,1H3,(H,17,18,19). The number of nitrogens with one attached hydrogen (secondary N) is 1. The van der Waals surface area contributed by atoms with Crippen LogP contribution >= 0.6 is 0 Å². The van der Waals surface area contributed by atoms with E-state index in [2.05, 4.69) is 21.3 Å². The molecule has 0 amide bonds. The van der Waals surface area contributed by atoms with Gasteiger partial charge in [-0.05, 0) is 37.8 Å². The molecule has 1 atom stereocenters. The third-order valence-electron chi connectivity index (χ3n) is 4.15. The summed E-state index contributed by atoms with van der Waals surface area (Å²) in [6.07, 6.45) is 4.23. The van der Waals surface area contributed by atoms with Gasteiger partial charge in [-0.1, -0.05) is 12.1 Å². The van der Waals surface area contributed by atoms with Crippen molar-refractivity contribution in [1.29, 1.82) is 0 Å². The van der Waals surface area contributed by atoms with Crippen LogP contribution in [0.5, 0.6) is 0 Å². The fourth-order valence-electron chi connectivity index (χ4n) is 3.13. The zero-order chi connectivity index (χ0) is 14.7. The Morgan fingerprint density at radius 1 is 1.33 bits per heavy atom. The lowest BCUT2D eigenvalue weighted by atomic mass is 10.1. The highest BCUT2D eigenvalue weighted by Crippen LogP contribution is 2.32. The van der Waals surface area contributed by atoms with E-state index < -0.39 is 0 Å². The number of hydrogen-bond acceptors (Lipinski definition) is 5. The average Bonchev–Trinajstić information content (AvgIpc) is 3.00. The van der Waals surface area contributed by atoms with Crippen molar-refractivity contribution in [3.8, 4) is 0 Å². The highest BCUT2D eigenvalue weighted by molar-refractivity contribution is 5.90. The number of aliphatic hydroxyl groups is 1. The zero-order valence-electron chi connectivity index (χ0n) is 12.4. The summed E-state index contributed by atoms with van der Waals surface area (Å²) in [7, 11) is 1.85. The monoisotopic (exact) mass is 286 g/mol. The van der Waals surface area contributed by atoms with Crippen molar-refractivity contribution in [3.05, 3.63) is 24.3 Å². The molecular formula is C16H22N4O. The summed E-state index contributed by atoms with van der Waals surface area (Å²) in [5.41, 5.74) is 0.972. The van der Waals surface area contributed by atoms with E-state index in [4.69, 9.17) is 10.1 Å². The number of nitrogens with zero attached hydrogens (tertiary/aromatic N) is 3. The molecular weight excluding hydrogens is 264 g/mol. The molecule has 0 bridgehead atoms. The predicted molar refractivity (Wildman–Crippen MR) is 85.8 cm³/mol. The first-order chi connectivity index (χ1) is 10.3. The number of aromatic nitrogens is 2. The number of anilines is 2. The van der Waals surface area contributed by atoms with Gasteiger partial charge in [-0.3, -0.25) is 0 Å². The molecule has 2 aromatic rings. The van der Waals surface area contributed by atoms with Crippen molar-refractivity contribution in [2.24, 2.45) is 0 Å². The molecule has 1 saturated heterocycles. The van der Waals surface area contributed by atoms with E-state index in [1.54, 1.807) is 0 Å². The Morgan fingerprint density at radius 2 is 2.19 bits per heavy atom. The lowest BCUT2D eigenvalue weighted by molar-refractivity contribution is 0.279. The third-order valence-corrected chi connectivity index (χ3v) is 4.15. The van der Waals surface area contributed by atoms with Crippen LogP contribution in [0, 0.1) is 0 Å². The van der Waals surface area contributed by atoms with Gasteiger partial charge in [0.1, 0.15) is 5.82 Å². The van der Waals surface area contributed by atoms with Gasteiger partial charge in [-0.15, -0.1) is 0 Å². The molecule has 0 saturated carbocycles. The van der Waals surface area contributed by atoms with Crippen LogP contribution in [0.4, 0.5) is 11.8 Å². The lowest BCUT2D eigenvalue weighted by Gasteiger charge is -2.27. The predicted octanol–water partition coefficient (Wildman–Crippen LogP) is 2.41. The normalized spacial score (nSPS) is 18.4. The molecule has 3 rings (SSSR count). The van der Waals surface area contributed by atoms with E-state index in [1.165, 1.54) is 12.8 Å². The van der Waals surface area contributed by atoms with Crippen molar-refractivity contribution in [2.45, 2.75) is 31.7 Å². The molecule has 5 heteroatoms. The minimum atomic E-state index is 0.261. The molecule has 5 nitrogen and oxygen atoms in total. The van der Waals surface area contributed by atoms with Gasteiger partial charge < -0.3 is 15.3 Å². The number of benzene rings is 1. The fourth-order valence-corrected chi connectivity index (χ4v) is 3.13. The van der Waals surface area contributed by atoms with Crippen molar-refractivity contribution in [1.82, 2.24) is 9.97 Å². The quantitative estimate of drug-likeness (QED) is 0.884. The third kappa shape index (κ3) is 2.78. The smallest absolute Gasteiger partial charge is 0.224 e. The van der Waals surface area contributed by atoms with Crippen molar-refractivity contribution in [2.75, 3.05) is 30.4 Å². The van der Waals surface area contributed by atoms with E-state index in [1.807, 2.05) is 25.2 Å². The first kappa shape index (κ1) is 14.1. The minimum Gasteiger partial charge on any atom is -0.396 e. The molecule has 1 aromatic heterocycles. The van der Waals surface area contributed by atoms with Crippen LogP contribution in [-0.2, 0) is 0 Å². The number of fused-ring (bicyclic) bond motifs is 1. The molecule has 1 aliphatic rings. The van der Waals surface area contributed by atoms with Crippen LogP contribution in [0.15, 0.2) is 24.3 Å². The van der Waals surface area contributed by atoms with E-state index in [0.29, 0.717) is 12.0 Å². The van der Waals surface area contributed by atoms with E-state index >= 15 is 0 Å². The first-order valence-electron chi connectivity index (χ1n) is 7.65. The topological polar surface area (TPSA) is 61.3 Å². The van der Waals surface area contributed by atoms with Gasteiger partial charge in [0.05, 0.1) is 5.52 Å². The van der Waals surface area contributed by atoms with Gasteiger partial charge in [0.2, 0.25) is 5.95 Å². The molecule has 0 spiro atoms. The summed E-state index contributed by atoms with van der Waals surface area (Å²) in [4.78, 5) is 11.6. The fraction of sp³-hybridized carbons (Fsp3) is 0.500. The van der Waals surface area contributed by atoms with Crippen LogP contribution in [0.1, 0.15) is 25.7 Å². The van der Waals surface area contributed by atoms with Crippen molar-refractivity contribution in [3.63, 3.8) is 0 Å². The van der Waals surface area contributed by atoms with E-state index in [9.17, 15) is 0 Å². The Bertz CT molecular complexity index is 616. The van der Waals surface area contributed by atoms with Crippen LogP contribution in [0.3, 0.4) is 0 Å². The van der Waals surface area contributed by atoms with Gasteiger partial charge in [-0.2, -0.15) is 4.98 Å². The molecule has 1 fully saturated rings. The molecule has 0 radical (unpaired) electrons. The van der Waals surface area contributed by atoms with Crippen molar-refractivity contribution >= 4 is 22.7 Å². The molecule has 1 aromatic carbocycles.